The number of aliphatic hydroxyl groups is 1. The van der Waals surface area contributed by atoms with Gasteiger partial charge in [-0.2, -0.15) is 4.31 Å². The maximum Gasteiger partial charge on any atom is 0.573 e. The van der Waals surface area contributed by atoms with Crippen LogP contribution in [-0.4, -0.2) is 84.6 Å². The molecule has 0 unspecified atom stereocenters. The number of likely N-dealkylation sites (tertiary alicyclic amines) is 1. The van der Waals surface area contributed by atoms with E-state index < -0.39 is 39.7 Å². The van der Waals surface area contributed by atoms with E-state index in [1.54, 1.807) is 30.9 Å². The normalized spacial score (nSPS) is 21.0. The van der Waals surface area contributed by atoms with Gasteiger partial charge in [0.1, 0.15) is 17.1 Å². The average molecular weight is 621 g/mol. The van der Waals surface area contributed by atoms with Gasteiger partial charge in [-0.05, 0) is 80.1 Å². The lowest BCUT2D eigenvalue weighted by atomic mass is 9.89. The molecule has 43 heavy (non-hydrogen) atoms. The van der Waals surface area contributed by atoms with Crippen molar-refractivity contribution in [3.05, 3.63) is 69.6 Å². The molecule has 1 spiro atoms. The summed E-state index contributed by atoms with van der Waals surface area (Å²) >= 11 is 0. The van der Waals surface area contributed by atoms with Gasteiger partial charge in [0.15, 0.2) is 0 Å². The minimum atomic E-state index is -4.87. The number of hydrogen-bond donors (Lipinski definition) is 2. The summed E-state index contributed by atoms with van der Waals surface area (Å²) < 4.78 is 69.5. The summed E-state index contributed by atoms with van der Waals surface area (Å²) in [5.74, 6) is -0.977. The van der Waals surface area contributed by atoms with E-state index in [1.165, 1.54) is 22.5 Å². The van der Waals surface area contributed by atoms with Crippen molar-refractivity contribution in [2.24, 2.45) is 4.99 Å². The van der Waals surface area contributed by atoms with E-state index in [1.807, 2.05) is 0 Å². The zero-order valence-electron chi connectivity index (χ0n) is 23.5. The third-order valence-electron chi connectivity index (χ3n) is 7.93. The minimum Gasteiger partial charge on any atom is -0.406 e. The third-order valence-corrected chi connectivity index (χ3v) is 9.49. The van der Waals surface area contributed by atoms with E-state index in [4.69, 9.17) is 0 Å². The first-order valence-electron chi connectivity index (χ1n) is 13.7. The standard InChI is InChI=1S/C29H31F3N4O6S/c1-18-14-21(26(38)35-10-6-22(37)17-35)15-19(2)24(18)7-13-43(40,41)36-11-8-28(9-12-36)27(39)33-25(34-28)20-4-3-5-23(16-20)42-29(30,31)32/h3-5,7,13-16,22,37H,6,8-12,17H2,1-2H3,(H,33,34,39)/t22-/m0/s1. The fourth-order valence-corrected chi connectivity index (χ4v) is 6.83. The molecule has 0 bridgehead atoms. The minimum absolute atomic E-state index is 0.0151. The number of rotatable bonds is 6. The molecule has 2 aromatic carbocycles. The van der Waals surface area contributed by atoms with Gasteiger partial charge in [0.25, 0.3) is 11.8 Å². The molecule has 3 aliphatic rings. The summed E-state index contributed by atoms with van der Waals surface area (Å²) in [7, 11) is -3.87. The van der Waals surface area contributed by atoms with E-state index >= 15 is 0 Å². The molecule has 0 radical (unpaired) electrons. The number of aliphatic hydroxyl groups excluding tert-OH is 1. The van der Waals surface area contributed by atoms with E-state index in [2.05, 4.69) is 15.0 Å². The molecule has 5 rings (SSSR count). The Morgan fingerprint density at radius 2 is 1.81 bits per heavy atom. The summed E-state index contributed by atoms with van der Waals surface area (Å²) in [5, 5.41) is 13.5. The van der Waals surface area contributed by atoms with Crippen LogP contribution in [0.3, 0.4) is 0 Å². The van der Waals surface area contributed by atoms with Crippen LogP contribution in [-0.2, 0) is 14.8 Å². The molecular formula is C29H31F3N4O6S. The van der Waals surface area contributed by atoms with Gasteiger partial charge in [0.05, 0.1) is 6.10 Å². The molecule has 1 atom stereocenters. The van der Waals surface area contributed by atoms with Crippen LogP contribution in [0.4, 0.5) is 13.2 Å². The molecule has 0 saturated carbocycles. The lowest BCUT2D eigenvalue weighted by molar-refractivity contribution is -0.274. The van der Waals surface area contributed by atoms with Crippen molar-refractivity contribution in [1.29, 1.82) is 0 Å². The van der Waals surface area contributed by atoms with Crippen molar-refractivity contribution in [1.82, 2.24) is 14.5 Å². The quantitative estimate of drug-likeness (QED) is 0.511. The smallest absolute Gasteiger partial charge is 0.406 e. The number of amides is 2. The van der Waals surface area contributed by atoms with Crippen molar-refractivity contribution in [2.45, 2.75) is 51.1 Å². The van der Waals surface area contributed by atoms with E-state index in [-0.39, 0.29) is 49.8 Å². The number of nitrogens with one attached hydrogen (secondary N) is 1. The molecule has 230 valence electrons. The maximum atomic E-state index is 13.2. The van der Waals surface area contributed by atoms with Gasteiger partial charge in [-0.1, -0.05) is 12.1 Å². The summed E-state index contributed by atoms with van der Waals surface area (Å²) in [5.41, 5.74) is 1.59. The highest BCUT2D eigenvalue weighted by atomic mass is 32.2. The van der Waals surface area contributed by atoms with Gasteiger partial charge in [-0.15, -0.1) is 13.2 Å². The topological polar surface area (TPSA) is 129 Å². The Kier molecular flexibility index (Phi) is 8.13. The van der Waals surface area contributed by atoms with Crippen molar-refractivity contribution >= 4 is 33.7 Å². The maximum absolute atomic E-state index is 13.2. The van der Waals surface area contributed by atoms with Gasteiger partial charge < -0.3 is 20.1 Å². The highest BCUT2D eigenvalue weighted by molar-refractivity contribution is 7.92. The van der Waals surface area contributed by atoms with Crippen molar-refractivity contribution in [3.8, 4) is 5.75 Å². The van der Waals surface area contributed by atoms with Crippen molar-refractivity contribution in [2.75, 3.05) is 26.2 Å². The number of aryl methyl sites for hydroxylation is 2. The Hall–Kier alpha value is -3.75. The van der Waals surface area contributed by atoms with Gasteiger partial charge in [-0.3, -0.25) is 14.6 Å². The first kappa shape index (κ1) is 30.7. The van der Waals surface area contributed by atoms with E-state index in [9.17, 15) is 36.3 Å². The lowest BCUT2D eigenvalue weighted by Gasteiger charge is -2.34. The van der Waals surface area contributed by atoms with Crippen LogP contribution >= 0.6 is 0 Å². The number of nitrogens with zero attached hydrogens (tertiary/aromatic N) is 3. The fourth-order valence-electron chi connectivity index (χ4n) is 5.65. The number of halogens is 3. The Labute approximate surface area is 246 Å². The second kappa shape index (κ2) is 11.4. The van der Waals surface area contributed by atoms with Crippen LogP contribution < -0.4 is 10.1 Å². The molecule has 2 amide bonds. The first-order valence-corrected chi connectivity index (χ1v) is 15.2. The second-order valence-corrected chi connectivity index (χ2v) is 12.8. The average Bonchev–Trinajstić information content (AvgIpc) is 3.50. The summed E-state index contributed by atoms with van der Waals surface area (Å²) in [6.07, 6.45) is -3.19. The fraction of sp³-hybridized carbons (Fsp3) is 0.414. The molecule has 2 aromatic rings. The Bertz CT molecular complexity index is 1590. The van der Waals surface area contributed by atoms with Gasteiger partial charge in [0.2, 0.25) is 10.0 Å². The van der Waals surface area contributed by atoms with Crippen LogP contribution in [0.2, 0.25) is 0 Å². The molecule has 3 aliphatic heterocycles. The number of β-amino-alcohol motifs (C(OH)–C–C–N with tert-alkyl or cyclic N) is 1. The molecular weight excluding hydrogens is 589 g/mol. The zero-order valence-corrected chi connectivity index (χ0v) is 24.3. The van der Waals surface area contributed by atoms with Gasteiger partial charge in [0, 0.05) is 42.7 Å². The second-order valence-electron chi connectivity index (χ2n) is 11.0. The zero-order chi connectivity index (χ0) is 31.2. The number of alkyl halides is 3. The Morgan fingerprint density at radius 1 is 1.14 bits per heavy atom. The molecule has 2 fully saturated rings. The third kappa shape index (κ3) is 6.60. The predicted octanol–water partition coefficient (Wildman–Crippen LogP) is 3.12. The Morgan fingerprint density at radius 3 is 2.42 bits per heavy atom. The van der Waals surface area contributed by atoms with Crippen LogP contribution in [0, 0.1) is 13.8 Å². The Balaban J connectivity index is 1.26. The number of piperidine rings is 1. The van der Waals surface area contributed by atoms with Crippen LogP contribution in [0.5, 0.6) is 5.75 Å². The van der Waals surface area contributed by atoms with Crippen LogP contribution in [0.25, 0.3) is 6.08 Å². The first-order chi connectivity index (χ1) is 20.2. The molecule has 3 heterocycles. The highest BCUT2D eigenvalue weighted by Crippen LogP contribution is 2.33. The molecule has 0 aliphatic carbocycles. The lowest BCUT2D eigenvalue weighted by Crippen LogP contribution is -2.50. The largest absolute Gasteiger partial charge is 0.573 e. The number of sulfonamides is 1. The van der Waals surface area contributed by atoms with Crippen LogP contribution in [0.1, 0.15) is 51.9 Å². The SMILES string of the molecule is Cc1cc(C(=O)N2CC[C@H](O)C2)cc(C)c1C=CS(=O)(=O)N1CCC2(CC1)N=C(c1cccc(OC(F)(F)F)c1)NC2=O. The number of amidine groups is 1. The van der Waals surface area contributed by atoms with Crippen molar-refractivity contribution < 1.29 is 41.0 Å². The van der Waals surface area contributed by atoms with Gasteiger partial charge in [-0.25, -0.2) is 8.42 Å². The molecule has 10 nitrogen and oxygen atoms in total. The summed E-state index contributed by atoms with van der Waals surface area (Å²) in [4.78, 5) is 31.8. The van der Waals surface area contributed by atoms with Crippen LogP contribution in [0.15, 0.2) is 46.8 Å². The van der Waals surface area contributed by atoms with E-state index in [0.717, 1.165) is 28.7 Å². The van der Waals surface area contributed by atoms with Gasteiger partial charge >= 0.3 is 6.36 Å². The number of hydrogen-bond acceptors (Lipinski definition) is 7. The molecule has 2 N–H and O–H groups in total. The summed E-state index contributed by atoms with van der Waals surface area (Å²) in [6, 6.07) is 8.52. The summed E-state index contributed by atoms with van der Waals surface area (Å²) in [6.45, 7) is 4.37. The highest BCUT2D eigenvalue weighted by Gasteiger charge is 2.47. The number of carbonyl (C=O) groups is 2. The molecule has 2 saturated heterocycles. The van der Waals surface area contributed by atoms with E-state index in [0.29, 0.717) is 24.1 Å². The molecule has 0 aromatic heterocycles. The number of ether oxygens (including phenoxy) is 1. The van der Waals surface area contributed by atoms with Crippen molar-refractivity contribution in [3.63, 3.8) is 0 Å². The number of aliphatic imine (C=N–C) groups is 1. The molecule has 14 heteroatoms. The monoisotopic (exact) mass is 620 g/mol. The number of carbonyl (C=O) groups excluding carboxylic acids is 2. The number of benzene rings is 2. The predicted molar refractivity (Wildman–Crippen MR) is 152 cm³/mol.